The molecule has 3 aromatic rings. The number of aryl methyl sites for hydroxylation is 1. The molecular weight excluding hydrogens is 331 g/mol. The topological polar surface area (TPSA) is 51.2 Å². The van der Waals surface area contributed by atoms with Crippen LogP contribution < -0.4 is 10.1 Å². The quantitative estimate of drug-likeness (QED) is 0.688. The highest BCUT2D eigenvalue weighted by molar-refractivity contribution is 5.90. The maximum Gasteiger partial charge on any atom is 0.224 e. The van der Waals surface area contributed by atoms with Gasteiger partial charge >= 0.3 is 0 Å². The lowest BCUT2D eigenvalue weighted by molar-refractivity contribution is -0.116. The van der Waals surface area contributed by atoms with Gasteiger partial charge in [0.1, 0.15) is 12.4 Å². The van der Waals surface area contributed by atoms with E-state index in [1.54, 1.807) is 36.5 Å². The van der Waals surface area contributed by atoms with Gasteiger partial charge in [0.25, 0.3) is 0 Å². The Kier molecular flexibility index (Phi) is 5.93. The zero-order chi connectivity index (χ0) is 18.2. The number of hydrogen-bond donors (Lipinski definition) is 1. The molecule has 0 spiro atoms. The number of rotatable bonds is 7. The fourth-order valence-corrected chi connectivity index (χ4v) is 2.44. The van der Waals surface area contributed by atoms with Crippen LogP contribution >= 0.6 is 0 Å². The van der Waals surface area contributed by atoms with Gasteiger partial charge in [-0.2, -0.15) is 0 Å². The lowest BCUT2D eigenvalue weighted by Crippen LogP contribution is -2.13. The van der Waals surface area contributed by atoms with Gasteiger partial charge in [0.2, 0.25) is 11.8 Å². The highest BCUT2D eigenvalue weighted by atomic mass is 19.1. The van der Waals surface area contributed by atoms with E-state index < -0.39 is 0 Å². The number of benzene rings is 2. The van der Waals surface area contributed by atoms with Crippen molar-refractivity contribution >= 4 is 11.6 Å². The van der Waals surface area contributed by atoms with Crippen molar-refractivity contribution in [1.29, 1.82) is 0 Å². The number of carbonyl (C=O) groups is 1. The molecule has 0 bridgehead atoms. The first-order chi connectivity index (χ1) is 12.7. The summed E-state index contributed by atoms with van der Waals surface area (Å²) in [5.41, 5.74) is 2.17. The van der Waals surface area contributed by atoms with E-state index in [1.165, 1.54) is 6.07 Å². The fraction of sp³-hybridized carbons (Fsp3) is 0.143. The third-order valence-electron chi connectivity index (χ3n) is 3.83. The molecule has 5 heteroatoms. The number of pyridine rings is 1. The van der Waals surface area contributed by atoms with E-state index in [0.717, 1.165) is 5.56 Å². The number of nitrogens with one attached hydrogen (secondary N) is 1. The maximum absolute atomic E-state index is 13.6. The standard InChI is InChI=1S/C21H19FN2O2/c22-19-9-5-4-8-17(19)10-12-20(25)24-18-11-13-21(23-14-18)26-15-16-6-2-1-3-7-16/h1-9,11,13-14H,10,12,15H2,(H,24,25). The first-order valence-corrected chi connectivity index (χ1v) is 8.37. The van der Waals surface area contributed by atoms with Crippen LogP contribution in [0.1, 0.15) is 17.5 Å². The molecule has 0 atom stereocenters. The Balaban J connectivity index is 1.47. The molecule has 0 aliphatic rings. The largest absolute Gasteiger partial charge is 0.473 e. The Morgan fingerprint density at radius 2 is 1.77 bits per heavy atom. The molecule has 26 heavy (non-hydrogen) atoms. The van der Waals surface area contributed by atoms with Gasteiger partial charge in [-0.3, -0.25) is 4.79 Å². The highest BCUT2D eigenvalue weighted by Gasteiger charge is 2.07. The number of amides is 1. The van der Waals surface area contributed by atoms with Gasteiger partial charge in [0, 0.05) is 12.5 Å². The van der Waals surface area contributed by atoms with Gasteiger partial charge in [-0.05, 0) is 29.7 Å². The SMILES string of the molecule is O=C(CCc1ccccc1F)Nc1ccc(OCc2ccccc2)nc1. The lowest BCUT2D eigenvalue weighted by Gasteiger charge is -2.08. The van der Waals surface area contributed by atoms with E-state index in [2.05, 4.69) is 10.3 Å². The molecule has 132 valence electrons. The number of nitrogens with zero attached hydrogens (tertiary/aromatic N) is 1. The van der Waals surface area contributed by atoms with Crippen molar-refractivity contribution in [3.8, 4) is 5.88 Å². The van der Waals surface area contributed by atoms with Crippen LogP contribution in [0.25, 0.3) is 0 Å². The van der Waals surface area contributed by atoms with Crippen LogP contribution in [0.5, 0.6) is 5.88 Å². The molecule has 1 N–H and O–H groups in total. The summed E-state index contributed by atoms with van der Waals surface area (Å²) in [5.74, 6) is 0.00750. The Morgan fingerprint density at radius 1 is 1.00 bits per heavy atom. The van der Waals surface area contributed by atoms with Crippen LogP contribution in [0, 0.1) is 5.82 Å². The van der Waals surface area contributed by atoms with Crippen LogP contribution in [0.15, 0.2) is 72.9 Å². The van der Waals surface area contributed by atoms with E-state index in [4.69, 9.17) is 4.74 Å². The molecule has 0 saturated carbocycles. The van der Waals surface area contributed by atoms with Crippen LogP contribution in [0.3, 0.4) is 0 Å². The Bertz CT molecular complexity index is 851. The average molecular weight is 350 g/mol. The third-order valence-corrected chi connectivity index (χ3v) is 3.83. The maximum atomic E-state index is 13.6. The van der Waals surface area contributed by atoms with Crippen molar-refractivity contribution in [3.63, 3.8) is 0 Å². The molecule has 0 unspecified atom stereocenters. The number of anilines is 1. The Morgan fingerprint density at radius 3 is 2.50 bits per heavy atom. The van der Waals surface area contributed by atoms with Crippen LogP contribution in [0.4, 0.5) is 10.1 Å². The highest BCUT2D eigenvalue weighted by Crippen LogP contribution is 2.14. The van der Waals surface area contributed by atoms with E-state index in [1.807, 2.05) is 30.3 Å². The van der Waals surface area contributed by atoms with Crippen molar-refractivity contribution in [2.24, 2.45) is 0 Å². The van der Waals surface area contributed by atoms with E-state index >= 15 is 0 Å². The van der Waals surface area contributed by atoms with Crippen molar-refractivity contribution < 1.29 is 13.9 Å². The summed E-state index contributed by atoms with van der Waals surface area (Å²) in [6.45, 7) is 0.433. The molecule has 0 saturated heterocycles. The molecule has 2 aromatic carbocycles. The predicted octanol–water partition coefficient (Wildman–Crippen LogP) is 4.37. The Hall–Kier alpha value is -3.21. The molecular formula is C21H19FN2O2. The van der Waals surface area contributed by atoms with Gasteiger partial charge in [-0.15, -0.1) is 0 Å². The number of aromatic nitrogens is 1. The first-order valence-electron chi connectivity index (χ1n) is 8.37. The van der Waals surface area contributed by atoms with Crippen LogP contribution in [0.2, 0.25) is 0 Å². The molecule has 3 rings (SSSR count). The molecule has 0 fully saturated rings. The molecule has 0 aliphatic carbocycles. The minimum absolute atomic E-state index is 0.187. The van der Waals surface area contributed by atoms with Crippen molar-refractivity contribution in [3.05, 3.63) is 89.9 Å². The number of hydrogen-bond acceptors (Lipinski definition) is 3. The summed E-state index contributed by atoms with van der Waals surface area (Å²) in [6.07, 6.45) is 2.10. The summed E-state index contributed by atoms with van der Waals surface area (Å²) >= 11 is 0. The molecule has 1 heterocycles. The van der Waals surface area contributed by atoms with Crippen LogP contribution in [-0.4, -0.2) is 10.9 Å². The Labute approximate surface area is 151 Å². The van der Waals surface area contributed by atoms with E-state index in [0.29, 0.717) is 30.2 Å². The monoisotopic (exact) mass is 350 g/mol. The number of ether oxygens (including phenoxy) is 1. The minimum Gasteiger partial charge on any atom is -0.473 e. The van der Waals surface area contributed by atoms with Crippen LogP contribution in [-0.2, 0) is 17.8 Å². The normalized spacial score (nSPS) is 10.3. The van der Waals surface area contributed by atoms with Gasteiger partial charge in [0.05, 0.1) is 11.9 Å². The average Bonchev–Trinajstić information content (AvgIpc) is 2.68. The third kappa shape index (κ3) is 5.14. The summed E-state index contributed by atoms with van der Waals surface area (Å²) in [5, 5.41) is 2.75. The van der Waals surface area contributed by atoms with Gasteiger partial charge in [0.15, 0.2) is 0 Å². The van der Waals surface area contributed by atoms with Crippen molar-refractivity contribution in [1.82, 2.24) is 4.98 Å². The van der Waals surface area contributed by atoms with E-state index in [-0.39, 0.29) is 18.1 Å². The van der Waals surface area contributed by atoms with Gasteiger partial charge in [-0.1, -0.05) is 48.5 Å². The molecule has 0 aliphatic heterocycles. The first kappa shape index (κ1) is 17.6. The molecule has 1 aromatic heterocycles. The van der Waals surface area contributed by atoms with Crippen molar-refractivity contribution in [2.75, 3.05) is 5.32 Å². The van der Waals surface area contributed by atoms with Gasteiger partial charge in [-0.25, -0.2) is 9.37 Å². The second-order valence-electron chi connectivity index (χ2n) is 5.80. The number of carbonyl (C=O) groups excluding carboxylic acids is 1. The molecule has 0 radical (unpaired) electrons. The van der Waals surface area contributed by atoms with Gasteiger partial charge < -0.3 is 10.1 Å². The van der Waals surface area contributed by atoms with E-state index in [9.17, 15) is 9.18 Å². The fourth-order valence-electron chi connectivity index (χ4n) is 2.44. The molecule has 4 nitrogen and oxygen atoms in total. The number of halogens is 1. The van der Waals surface area contributed by atoms with Crippen molar-refractivity contribution in [2.45, 2.75) is 19.4 Å². The molecule has 1 amide bonds. The summed E-state index contributed by atoms with van der Waals surface area (Å²) < 4.78 is 19.2. The second kappa shape index (κ2) is 8.76. The predicted molar refractivity (Wildman–Crippen MR) is 98.4 cm³/mol. The summed E-state index contributed by atoms with van der Waals surface area (Å²) in [6, 6.07) is 19.7. The smallest absolute Gasteiger partial charge is 0.224 e. The minimum atomic E-state index is -0.290. The summed E-state index contributed by atoms with van der Waals surface area (Å²) in [4.78, 5) is 16.2. The zero-order valence-electron chi connectivity index (χ0n) is 14.2. The lowest BCUT2D eigenvalue weighted by atomic mass is 10.1. The summed E-state index contributed by atoms with van der Waals surface area (Å²) in [7, 11) is 0. The second-order valence-corrected chi connectivity index (χ2v) is 5.80. The zero-order valence-corrected chi connectivity index (χ0v) is 14.2.